The quantitative estimate of drug-likeness (QED) is 0.568. The highest BCUT2D eigenvalue weighted by atomic mass is 32.1. The van der Waals surface area contributed by atoms with Gasteiger partial charge in [-0.3, -0.25) is 9.59 Å². The van der Waals surface area contributed by atoms with Gasteiger partial charge in [0.05, 0.1) is 12.1 Å². The van der Waals surface area contributed by atoms with Crippen LogP contribution in [0.3, 0.4) is 0 Å². The topological polar surface area (TPSA) is 81.9 Å². The second-order valence-electron chi connectivity index (χ2n) is 4.97. The largest absolute Gasteiger partial charge is 0.469 e. The van der Waals surface area contributed by atoms with Crippen molar-refractivity contribution < 1.29 is 19.1 Å². The summed E-state index contributed by atoms with van der Waals surface area (Å²) in [7, 11) is 3.05. The Balaban J connectivity index is 2.60. The van der Waals surface area contributed by atoms with E-state index < -0.39 is 5.41 Å². The summed E-state index contributed by atoms with van der Waals surface area (Å²) in [5.74, 6) is -0.362. The van der Waals surface area contributed by atoms with E-state index in [9.17, 15) is 9.59 Å². The Hall–Kier alpha value is -1.21. The Morgan fingerprint density at radius 1 is 1.40 bits per heavy atom. The molecule has 1 fully saturated rings. The average molecular weight is 302 g/mol. The van der Waals surface area contributed by atoms with Gasteiger partial charge < -0.3 is 20.1 Å². The van der Waals surface area contributed by atoms with E-state index in [1.807, 2.05) is 0 Å². The maximum absolute atomic E-state index is 12.6. The van der Waals surface area contributed by atoms with Crippen molar-refractivity contribution in [2.24, 2.45) is 11.1 Å². The SMILES string of the molecule is COC(=O)CCCN(C)C(=O)C1(C(N)=S)CCOCC1. The molecule has 0 aliphatic carbocycles. The Labute approximate surface area is 124 Å². The number of nitrogens with zero attached hydrogens (tertiary/aromatic N) is 1. The van der Waals surface area contributed by atoms with Crippen molar-refractivity contribution in [3.63, 3.8) is 0 Å². The number of nitrogens with two attached hydrogens (primary N) is 1. The van der Waals surface area contributed by atoms with E-state index in [1.54, 1.807) is 11.9 Å². The molecule has 1 aliphatic rings. The van der Waals surface area contributed by atoms with Crippen LogP contribution in [0.4, 0.5) is 0 Å². The summed E-state index contributed by atoms with van der Waals surface area (Å²) in [6, 6.07) is 0. The number of methoxy groups -OCH3 is 1. The lowest BCUT2D eigenvalue weighted by Crippen LogP contribution is -2.52. The number of hydrogen-bond donors (Lipinski definition) is 1. The van der Waals surface area contributed by atoms with Crippen LogP contribution < -0.4 is 5.73 Å². The van der Waals surface area contributed by atoms with Gasteiger partial charge in [0.25, 0.3) is 0 Å². The van der Waals surface area contributed by atoms with Crippen LogP contribution >= 0.6 is 12.2 Å². The number of amides is 1. The maximum atomic E-state index is 12.6. The number of rotatable bonds is 6. The Morgan fingerprint density at radius 2 is 2.00 bits per heavy atom. The molecule has 0 aromatic rings. The number of esters is 1. The molecule has 6 nitrogen and oxygen atoms in total. The van der Waals surface area contributed by atoms with Gasteiger partial charge in [0.15, 0.2) is 0 Å². The molecule has 7 heteroatoms. The molecule has 1 aliphatic heterocycles. The molecular formula is C13H22N2O4S. The van der Waals surface area contributed by atoms with Gasteiger partial charge in [-0.25, -0.2) is 0 Å². The van der Waals surface area contributed by atoms with Gasteiger partial charge in [0.2, 0.25) is 5.91 Å². The second kappa shape index (κ2) is 7.54. The van der Waals surface area contributed by atoms with Crippen molar-refractivity contribution in [1.82, 2.24) is 4.90 Å². The monoisotopic (exact) mass is 302 g/mol. The Bertz CT molecular complexity index is 381. The highest BCUT2D eigenvalue weighted by molar-refractivity contribution is 7.80. The zero-order valence-electron chi connectivity index (χ0n) is 12.0. The summed E-state index contributed by atoms with van der Waals surface area (Å²) in [6.45, 7) is 1.44. The maximum Gasteiger partial charge on any atom is 0.305 e. The lowest BCUT2D eigenvalue weighted by Gasteiger charge is -2.37. The van der Waals surface area contributed by atoms with Crippen molar-refractivity contribution in [2.75, 3.05) is 33.9 Å². The third-order valence-corrected chi connectivity index (χ3v) is 4.07. The van der Waals surface area contributed by atoms with Crippen LogP contribution in [0, 0.1) is 5.41 Å². The smallest absolute Gasteiger partial charge is 0.305 e. The van der Waals surface area contributed by atoms with Crippen LogP contribution in [0.15, 0.2) is 0 Å². The fourth-order valence-corrected chi connectivity index (χ4v) is 2.61. The van der Waals surface area contributed by atoms with E-state index in [-0.39, 0.29) is 23.3 Å². The number of carbonyl (C=O) groups excluding carboxylic acids is 2. The van der Waals surface area contributed by atoms with Gasteiger partial charge in [0, 0.05) is 33.2 Å². The Morgan fingerprint density at radius 3 is 2.50 bits per heavy atom. The molecule has 1 heterocycles. The van der Waals surface area contributed by atoms with Crippen molar-refractivity contribution in [3.8, 4) is 0 Å². The minimum absolute atomic E-state index is 0.0850. The molecule has 0 saturated carbocycles. The zero-order valence-corrected chi connectivity index (χ0v) is 12.8. The summed E-state index contributed by atoms with van der Waals surface area (Å²) in [6.07, 6.45) is 1.88. The van der Waals surface area contributed by atoms with Gasteiger partial charge in [0.1, 0.15) is 5.41 Å². The van der Waals surface area contributed by atoms with Crippen molar-refractivity contribution >= 4 is 29.1 Å². The molecule has 0 aromatic carbocycles. The van der Waals surface area contributed by atoms with Crippen molar-refractivity contribution in [3.05, 3.63) is 0 Å². The molecule has 1 rings (SSSR count). The third-order valence-electron chi connectivity index (χ3n) is 3.68. The number of thiocarbonyl (C=S) groups is 1. The molecule has 1 saturated heterocycles. The van der Waals surface area contributed by atoms with E-state index in [0.717, 1.165) is 0 Å². The summed E-state index contributed by atoms with van der Waals surface area (Å²) in [4.78, 5) is 25.5. The first-order valence-electron chi connectivity index (χ1n) is 6.64. The first-order chi connectivity index (χ1) is 9.44. The molecule has 1 amide bonds. The first-order valence-corrected chi connectivity index (χ1v) is 7.05. The standard InChI is InChI=1S/C13H22N2O4S/c1-15(7-3-4-10(16)18-2)12(17)13(11(14)20)5-8-19-9-6-13/h3-9H2,1-2H3,(H2,14,20). The van der Waals surface area contributed by atoms with Crippen LogP contribution in [-0.2, 0) is 19.1 Å². The van der Waals surface area contributed by atoms with E-state index in [1.165, 1.54) is 7.11 Å². The third kappa shape index (κ3) is 3.89. The van der Waals surface area contributed by atoms with E-state index in [2.05, 4.69) is 4.74 Å². The molecule has 20 heavy (non-hydrogen) atoms. The lowest BCUT2D eigenvalue weighted by molar-refractivity contribution is -0.143. The minimum Gasteiger partial charge on any atom is -0.469 e. The fourth-order valence-electron chi connectivity index (χ4n) is 2.32. The van der Waals surface area contributed by atoms with Gasteiger partial charge in [-0.1, -0.05) is 12.2 Å². The van der Waals surface area contributed by atoms with Gasteiger partial charge in [-0.05, 0) is 19.3 Å². The van der Waals surface area contributed by atoms with E-state index >= 15 is 0 Å². The fraction of sp³-hybridized carbons (Fsp3) is 0.769. The molecule has 0 radical (unpaired) electrons. The molecule has 114 valence electrons. The normalized spacial score (nSPS) is 17.3. The summed E-state index contributed by atoms with van der Waals surface area (Å²) >= 11 is 5.10. The van der Waals surface area contributed by atoms with Gasteiger partial charge in [-0.15, -0.1) is 0 Å². The number of hydrogen-bond acceptors (Lipinski definition) is 5. The van der Waals surface area contributed by atoms with Crippen LogP contribution in [0.2, 0.25) is 0 Å². The second-order valence-corrected chi connectivity index (χ2v) is 5.40. The summed E-state index contributed by atoms with van der Waals surface area (Å²) < 4.78 is 9.85. The average Bonchev–Trinajstić information content (AvgIpc) is 2.46. The van der Waals surface area contributed by atoms with Gasteiger partial charge >= 0.3 is 5.97 Å². The first kappa shape index (κ1) is 16.8. The predicted octanol–water partition coefficient (Wildman–Crippen LogP) is 0.481. The molecule has 0 unspecified atom stereocenters. The predicted molar refractivity (Wildman–Crippen MR) is 78.2 cm³/mol. The zero-order chi connectivity index (χ0) is 15.2. The molecule has 2 N–H and O–H groups in total. The van der Waals surface area contributed by atoms with Crippen LogP contribution in [0.5, 0.6) is 0 Å². The highest BCUT2D eigenvalue weighted by Crippen LogP contribution is 2.33. The Kier molecular flexibility index (Phi) is 6.35. The number of ether oxygens (including phenoxy) is 2. The summed E-state index contributed by atoms with van der Waals surface area (Å²) in [5, 5.41) is 0. The van der Waals surface area contributed by atoms with Crippen LogP contribution in [0.25, 0.3) is 0 Å². The molecular weight excluding hydrogens is 280 g/mol. The highest BCUT2D eigenvalue weighted by Gasteiger charge is 2.44. The molecule has 0 spiro atoms. The van der Waals surface area contributed by atoms with Crippen LogP contribution in [0.1, 0.15) is 25.7 Å². The molecule has 0 bridgehead atoms. The molecule has 0 aromatic heterocycles. The molecule has 0 atom stereocenters. The van der Waals surface area contributed by atoms with Crippen LogP contribution in [-0.4, -0.2) is 55.7 Å². The number of carbonyl (C=O) groups is 2. The summed E-state index contributed by atoms with van der Waals surface area (Å²) in [5.41, 5.74) is 5.00. The van der Waals surface area contributed by atoms with Crippen molar-refractivity contribution in [1.29, 1.82) is 0 Å². The lowest BCUT2D eigenvalue weighted by atomic mass is 9.78. The van der Waals surface area contributed by atoms with E-state index in [4.69, 9.17) is 22.7 Å². The van der Waals surface area contributed by atoms with E-state index in [0.29, 0.717) is 39.0 Å². The van der Waals surface area contributed by atoms with Gasteiger partial charge in [-0.2, -0.15) is 0 Å². The minimum atomic E-state index is -0.798. The van der Waals surface area contributed by atoms with Crippen molar-refractivity contribution in [2.45, 2.75) is 25.7 Å².